The summed E-state index contributed by atoms with van der Waals surface area (Å²) in [5.74, 6) is -0.625. The minimum absolute atomic E-state index is 0.0242. The monoisotopic (exact) mass is 545 g/mol. The lowest BCUT2D eigenvalue weighted by Crippen LogP contribution is -2.32. The van der Waals surface area contributed by atoms with Crippen LogP contribution in [0.5, 0.6) is 0 Å². The number of benzene rings is 2. The van der Waals surface area contributed by atoms with Crippen molar-refractivity contribution in [3.05, 3.63) is 82.8 Å². The lowest BCUT2D eigenvalue weighted by molar-refractivity contribution is -0.137. The van der Waals surface area contributed by atoms with Gasteiger partial charge in [0.2, 0.25) is 20.0 Å². The van der Waals surface area contributed by atoms with E-state index in [2.05, 4.69) is 16.0 Å². The van der Waals surface area contributed by atoms with Gasteiger partial charge >= 0.3 is 6.18 Å². The van der Waals surface area contributed by atoms with Crippen LogP contribution in [0.25, 0.3) is 0 Å². The number of nitrogens with one attached hydrogen (secondary N) is 2. The van der Waals surface area contributed by atoms with Crippen LogP contribution in [0.4, 0.5) is 13.2 Å². The van der Waals surface area contributed by atoms with E-state index in [1.54, 1.807) is 4.90 Å². The number of carbonyl (C=O) groups is 1. The fourth-order valence-electron chi connectivity index (χ4n) is 3.68. The number of likely N-dealkylation sites (tertiary alicyclic amines) is 1. The SMILES string of the molecule is C=CS(=O)(=O)NC[C@H]1CCN(C(=O)c2ccc(CS(=O)(=O)NCc3ccc(C(F)(F)F)cc3)cc2)C1. The first kappa shape index (κ1) is 27.8. The van der Waals surface area contributed by atoms with Crippen molar-refractivity contribution < 1.29 is 34.8 Å². The average molecular weight is 546 g/mol. The Morgan fingerprint density at radius 2 is 1.61 bits per heavy atom. The zero-order valence-corrected chi connectivity index (χ0v) is 20.8. The highest BCUT2D eigenvalue weighted by atomic mass is 32.2. The zero-order chi connectivity index (χ0) is 26.6. The van der Waals surface area contributed by atoms with E-state index in [0.29, 0.717) is 36.2 Å². The molecule has 0 spiro atoms. The van der Waals surface area contributed by atoms with Crippen LogP contribution < -0.4 is 9.44 Å². The number of carbonyl (C=O) groups excluding carboxylic acids is 1. The van der Waals surface area contributed by atoms with E-state index in [0.717, 1.165) is 17.5 Å². The topological polar surface area (TPSA) is 113 Å². The molecule has 8 nitrogen and oxygen atoms in total. The van der Waals surface area contributed by atoms with Crippen LogP contribution >= 0.6 is 0 Å². The van der Waals surface area contributed by atoms with Crippen LogP contribution in [-0.2, 0) is 38.5 Å². The minimum atomic E-state index is -4.46. The van der Waals surface area contributed by atoms with Crippen LogP contribution in [0, 0.1) is 5.92 Å². The summed E-state index contributed by atoms with van der Waals surface area (Å²) >= 11 is 0. The first-order valence-electron chi connectivity index (χ1n) is 10.9. The van der Waals surface area contributed by atoms with Gasteiger partial charge < -0.3 is 4.90 Å². The summed E-state index contributed by atoms with van der Waals surface area (Å²) in [5.41, 5.74) is 0.380. The van der Waals surface area contributed by atoms with E-state index in [4.69, 9.17) is 0 Å². The molecule has 0 bridgehead atoms. The molecular formula is C23H26F3N3O5S2. The maximum atomic E-state index is 12.8. The molecule has 0 aliphatic carbocycles. The third kappa shape index (κ3) is 7.88. The van der Waals surface area contributed by atoms with Gasteiger partial charge in [-0.3, -0.25) is 4.79 Å². The normalized spacial score (nSPS) is 16.8. The van der Waals surface area contributed by atoms with Crippen LogP contribution in [0.15, 0.2) is 60.5 Å². The lowest BCUT2D eigenvalue weighted by Gasteiger charge is -2.17. The summed E-state index contributed by atoms with van der Waals surface area (Å²) in [7, 11) is -7.31. The van der Waals surface area contributed by atoms with Crippen molar-refractivity contribution in [1.29, 1.82) is 0 Å². The highest BCUT2D eigenvalue weighted by Crippen LogP contribution is 2.29. The molecule has 1 aliphatic rings. The Balaban J connectivity index is 1.52. The highest BCUT2D eigenvalue weighted by Gasteiger charge is 2.30. The molecule has 0 aromatic heterocycles. The van der Waals surface area contributed by atoms with E-state index in [1.807, 2.05) is 0 Å². The summed E-state index contributed by atoms with van der Waals surface area (Å²) in [4.78, 5) is 14.4. The lowest BCUT2D eigenvalue weighted by atomic mass is 10.1. The number of sulfonamides is 2. The molecule has 2 aromatic rings. The van der Waals surface area contributed by atoms with Crippen molar-refractivity contribution in [1.82, 2.24) is 14.3 Å². The number of alkyl halides is 3. The summed E-state index contributed by atoms with van der Waals surface area (Å²) in [5, 5.41) is 0.830. The molecule has 36 heavy (non-hydrogen) atoms. The Morgan fingerprint density at radius 3 is 2.19 bits per heavy atom. The Hall–Kier alpha value is -2.74. The van der Waals surface area contributed by atoms with Crippen LogP contribution in [0.1, 0.15) is 33.5 Å². The van der Waals surface area contributed by atoms with Crippen molar-refractivity contribution in [2.45, 2.75) is 24.9 Å². The minimum Gasteiger partial charge on any atom is -0.338 e. The van der Waals surface area contributed by atoms with E-state index in [-0.39, 0.29) is 30.7 Å². The Morgan fingerprint density at radius 1 is 1.00 bits per heavy atom. The van der Waals surface area contributed by atoms with Crippen molar-refractivity contribution in [3.8, 4) is 0 Å². The van der Waals surface area contributed by atoms with Gasteiger partial charge in [-0.25, -0.2) is 26.3 Å². The van der Waals surface area contributed by atoms with Crippen molar-refractivity contribution in [3.63, 3.8) is 0 Å². The van der Waals surface area contributed by atoms with Crippen molar-refractivity contribution in [2.75, 3.05) is 19.6 Å². The van der Waals surface area contributed by atoms with Gasteiger partial charge in [0, 0.05) is 37.2 Å². The molecule has 1 saturated heterocycles. The summed E-state index contributed by atoms with van der Waals surface area (Å²) in [6, 6.07) is 10.3. The third-order valence-electron chi connectivity index (χ3n) is 5.70. The second-order valence-electron chi connectivity index (χ2n) is 8.44. The smallest absolute Gasteiger partial charge is 0.338 e. The first-order valence-corrected chi connectivity index (χ1v) is 14.1. The van der Waals surface area contributed by atoms with E-state index in [1.165, 1.54) is 36.4 Å². The number of rotatable bonds is 10. The van der Waals surface area contributed by atoms with E-state index < -0.39 is 31.8 Å². The number of hydrogen-bond acceptors (Lipinski definition) is 5. The van der Waals surface area contributed by atoms with Gasteiger partial charge in [0.05, 0.1) is 11.3 Å². The van der Waals surface area contributed by atoms with Gasteiger partial charge in [-0.15, -0.1) is 0 Å². The Labute approximate surface area is 208 Å². The number of halogens is 3. The van der Waals surface area contributed by atoms with Gasteiger partial charge in [0.1, 0.15) is 0 Å². The van der Waals surface area contributed by atoms with E-state index in [9.17, 15) is 34.8 Å². The Kier molecular flexibility index (Phi) is 8.59. The zero-order valence-electron chi connectivity index (χ0n) is 19.2. The molecule has 0 unspecified atom stereocenters. The van der Waals surface area contributed by atoms with Gasteiger partial charge in [0.15, 0.2) is 0 Å². The molecule has 0 saturated carbocycles. The molecule has 196 valence electrons. The summed E-state index contributed by atoms with van der Waals surface area (Å²) < 4.78 is 90.5. The largest absolute Gasteiger partial charge is 0.416 e. The number of hydrogen-bond donors (Lipinski definition) is 2. The van der Waals surface area contributed by atoms with Crippen molar-refractivity contribution >= 4 is 26.0 Å². The molecule has 2 aromatic carbocycles. The molecule has 0 radical (unpaired) electrons. The molecule has 1 heterocycles. The average Bonchev–Trinajstić information content (AvgIpc) is 3.30. The molecule has 1 atom stereocenters. The fourth-order valence-corrected chi connectivity index (χ4v) is 5.38. The highest BCUT2D eigenvalue weighted by molar-refractivity contribution is 7.92. The molecule has 1 amide bonds. The molecule has 1 aliphatic heterocycles. The van der Waals surface area contributed by atoms with Crippen LogP contribution in [0.2, 0.25) is 0 Å². The maximum absolute atomic E-state index is 12.8. The van der Waals surface area contributed by atoms with Gasteiger partial charge in [-0.1, -0.05) is 30.8 Å². The quantitative estimate of drug-likeness (QED) is 0.477. The second-order valence-corrected chi connectivity index (χ2v) is 12.0. The third-order valence-corrected chi connectivity index (χ3v) is 8.01. The summed E-state index contributed by atoms with van der Waals surface area (Å²) in [6.45, 7) is 4.15. The van der Waals surface area contributed by atoms with Gasteiger partial charge in [-0.05, 0) is 47.7 Å². The predicted octanol–water partition coefficient (Wildman–Crippen LogP) is 2.85. The van der Waals surface area contributed by atoms with Crippen molar-refractivity contribution in [2.24, 2.45) is 5.92 Å². The van der Waals surface area contributed by atoms with Crippen LogP contribution in [-0.4, -0.2) is 47.3 Å². The van der Waals surface area contributed by atoms with E-state index >= 15 is 0 Å². The predicted molar refractivity (Wildman–Crippen MR) is 128 cm³/mol. The van der Waals surface area contributed by atoms with Crippen LogP contribution in [0.3, 0.4) is 0 Å². The number of nitrogens with zero attached hydrogens (tertiary/aromatic N) is 1. The molecule has 2 N–H and O–H groups in total. The molecule has 13 heteroatoms. The first-order chi connectivity index (χ1) is 16.8. The van der Waals surface area contributed by atoms with Gasteiger partial charge in [-0.2, -0.15) is 13.2 Å². The second kappa shape index (κ2) is 11.1. The maximum Gasteiger partial charge on any atom is 0.416 e. The summed E-state index contributed by atoms with van der Waals surface area (Å²) in [6.07, 6.45) is -3.82. The number of amides is 1. The molecular weight excluding hydrogens is 519 g/mol. The molecule has 3 rings (SSSR count). The standard InChI is InChI=1S/C23H26F3N3O5S2/c1-2-35(31,32)27-14-19-11-12-29(15-19)22(30)20-7-3-18(4-8-20)16-36(33,34)28-13-17-5-9-21(10-6-17)23(24,25)26/h2-10,19,27-28H,1,11-16H2/t19-/m1/s1. The molecule has 1 fully saturated rings. The van der Waals surface area contributed by atoms with Gasteiger partial charge in [0.25, 0.3) is 5.91 Å². The fraction of sp³-hybridized carbons (Fsp3) is 0.348. The Bertz CT molecular complexity index is 1290.